The fourth-order valence-electron chi connectivity index (χ4n) is 1.23. The minimum absolute atomic E-state index is 0.468. The molecule has 1 aromatic heterocycles. The first-order valence-electron chi connectivity index (χ1n) is 5.73. The van der Waals surface area contributed by atoms with Gasteiger partial charge in [0.05, 0.1) is 0 Å². The van der Waals surface area contributed by atoms with Crippen LogP contribution in [0.4, 0.5) is 0 Å². The van der Waals surface area contributed by atoms with Gasteiger partial charge in [-0.15, -0.1) is 0 Å². The number of rotatable bonds is 7. The van der Waals surface area contributed by atoms with Gasteiger partial charge in [0.25, 0.3) is 0 Å². The number of hydrogen-bond acceptors (Lipinski definition) is 4. The van der Waals surface area contributed by atoms with E-state index in [4.69, 9.17) is 4.74 Å². The van der Waals surface area contributed by atoms with Gasteiger partial charge < -0.3 is 9.84 Å². The maximum absolute atomic E-state index is 9.72. The Hall–Kier alpha value is -1.00. The second-order valence-corrected chi connectivity index (χ2v) is 4.21. The number of aromatic nitrogens is 2. The van der Waals surface area contributed by atoms with Crippen LogP contribution in [-0.2, 0) is 4.74 Å². The van der Waals surface area contributed by atoms with Gasteiger partial charge in [0.2, 0.25) is 0 Å². The molecule has 0 amide bonds. The lowest BCUT2D eigenvalue weighted by Crippen LogP contribution is -2.08. The van der Waals surface area contributed by atoms with Crippen molar-refractivity contribution in [3.05, 3.63) is 24.3 Å². The molecular weight excluding hydrogens is 204 g/mol. The van der Waals surface area contributed by atoms with Gasteiger partial charge in [0.15, 0.2) is 5.82 Å². The summed E-state index contributed by atoms with van der Waals surface area (Å²) in [6.45, 7) is 5.62. The van der Waals surface area contributed by atoms with Crippen LogP contribution in [0, 0.1) is 5.92 Å². The molecule has 4 nitrogen and oxygen atoms in total. The highest BCUT2D eigenvalue weighted by atomic mass is 16.5. The summed E-state index contributed by atoms with van der Waals surface area (Å²) < 4.78 is 5.42. The molecule has 0 saturated heterocycles. The normalized spacial score (nSPS) is 13.0. The highest BCUT2D eigenvalue weighted by Crippen LogP contribution is 2.10. The lowest BCUT2D eigenvalue weighted by molar-refractivity contribution is 0.0732. The molecule has 0 aliphatic heterocycles. The molecule has 1 atom stereocenters. The van der Waals surface area contributed by atoms with E-state index >= 15 is 0 Å². The van der Waals surface area contributed by atoms with Crippen LogP contribution in [0.25, 0.3) is 0 Å². The SMILES string of the molecule is CC(C)CCOCCC(O)c1ncccn1. The maximum atomic E-state index is 9.72. The first-order valence-corrected chi connectivity index (χ1v) is 5.73. The van der Waals surface area contributed by atoms with Crippen LogP contribution >= 0.6 is 0 Å². The van der Waals surface area contributed by atoms with Gasteiger partial charge in [-0.2, -0.15) is 0 Å². The highest BCUT2D eigenvalue weighted by Gasteiger charge is 2.09. The Morgan fingerprint density at radius 2 is 1.81 bits per heavy atom. The molecule has 0 fully saturated rings. The molecule has 4 heteroatoms. The fraction of sp³-hybridized carbons (Fsp3) is 0.667. The number of hydrogen-bond donors (Lipinski definition) is 1. The number of nitrogens with zero attached hydrogens (tertiary/aromatic N) is 2. The third-order valence-electron chi connectivity index (χ3n) is 2.26. The second kappa shape index (κ2) is 7.30. The summed E-state index contributed by atoms with van der Waals surface area (Å²) in [5.41, 5.74) is 0. The Kier molecular flexibility index (Phi) is 5.96. The first kappa shape index (κ1) is 13.1. The van der Waals surface area contributed by atoms with E-state index in [-0.39, 0.29) is 0 Å². The van der Waals surface area contributed by atoms with Crippen molar-refractivity contribution >= 4 is 0 Å². The van der Waals surface area contributed by atoms with Crippen molar-refractivity contribution in [2.75, 3.05) is 13.2 Å². The van der Waals surface area contributed by atoms with Crippen molar-refractivity contribution in [1.29, 1.82) is 0 Å². The number of aliphatic hydroxyl groups excluding tert-OH is 1. The summed E-state index contributed by atoms with van der Waals surface area (Å²) >= 11 is 0. The third-order valence-corrected chi connectivity index (χ3v) is 2.26. The van der Waals surface area contributed by atoms with Gasteiger partial charge in [-0.3, -0.25) is 0 Å². The van der Waals surface area contributed by atoms with Crippen molar-refractivity contribution in [1.82, 2.24) is 9.97 Å². The molecule has 90 valence electrons. The molecule has 1 aromatic rings. The standard InChI is InChI=1S/C12H20N2O2/c1-10(2)4-8-16-9-5-11(15)12-13-6-3-7-14-12/h3,6-7,10-11,15H,4-5,8-9H2,1-2H3. The molecule has 1 heterocycles. The predicted molar refractivity (Wildman–Crippen MR) is 61.9 cm³/mol. The fourth-order valence-corrected chi connectivity index (χ4v) is 1.23. The average Bonchev–Trinajstić information content (AvgIpc) is 2.29. The van der Waals surface area contributed by atoms with E-state index in [9.17, 15) is 5.11 Å². The van der Waals surface area contributed by atoms with E-state index in [0.29, 0.717) is 24.8 Å². The Labute approximate surface area is 96.7 Å². The van der Waals surface area contributed by atoms with Crippen LogP contribution in [0.15, 0.2) is 18.5 Å². The van der Waals surface area contributed by atoms with Crippen molar-refractivity contribution in [3.63, 3.8) is 0 Å². The first-order chi connectivity index (χ1) is 7.70. The largest absolute Gasteiger partial charge is 0.385 e. The summed E-state index contributed by atoms with van der Waals surface area (Å²) in [6.07, 6.45) is 4.23. The molecule has 0 radical (unpaired) electrons. The van der Waals surface area contributed by atoms with E-state index in [0.717, 1.165) is 13.0 Å². The molecule has 1 rings (SSSR count). The van der Waals surface area contributed by atoms with Gasteiger partial charge in [0, 0.05) is 32.0 Å². The van der Waals surface area contributed by atoms with Gasteiger partial charge in [-0.25, -0.2) is 9.97 Å². The number of aliphatic hydroxyl groups is 1. The van der Waals surface area contributed by atoms with Crippen LogP contribution in [0.3, 0.4) is 0 Å². The predicted octanol–water partition coefficient (Wildman–Crippen LogP) is 1.96. The average molecular weight is 224 g/mol. The van der Waals surface area contributed by atoms with Crippen molar-refractivity contribution in [2.24, 2.45) is 5.92 Å². The zero-order chi connectivity index (χ0) is 11.8. The highest BCUT2D eigenvalue weighted by molar-refractivity contribution is 4.92. The Morgan fingerprint density at radius 3 is 2.44 bits per heavy atom. The van der Waals surface area contributed by atoms with Crippen LogP contribution in [0.2, 0.25) is 0 Å². The quantitative estimate of drug-likeness (QED) is 0.719. The molecule has 0 aliphatic rings. The Bertz CT molecular complexity index is 278. The van der Waals surface area contributed by atoms with Crippen LogP contribution in [0.5, 0.6) is 0 Å². The Morgan fingerprint density at radius 1 is 1.19 bits per heavy atom. The molecule has 0 aliphatic carbocycles. The van der Waals surface area contributed by atoms with Gasteiger partial charge in [0.1, 0.15) is 6.10 Å². The Balaban J connectivity index is 2.14. The molecule has 1 N–H and O–H groups in total. The lowest BCUT2D eigenvalue weighted by atomic mass is 10.1. The number of ether oxygens (including phenoxy) is 1. The molecule has 16 heavy (non-hydrogen) atoms. The van der Waals surface area contributed by atoms with Crippen molar-refractivity contribution < 1.29 is 9.84 Å². The van der Waals surface area contributed by atoms with Gasteiger partial charge in [-0.1, -0.05) is 13.8 Å². The van der Waals surface area contributed by atoms with E-state index in [1.165, 1.54) is 0 Å². The summed E-state index contributed by atoms with van der Waals surface area (Å²) in [5.74, 6) is 1.12. The minimum atomic E-state index is -0.625. The molecule has 1 unspecified atom stereocenters. The summed E-state index contributed by atoms with van der Waals surface area (Å²) in [5, 5.41) is 9.72. The minimum Gasteiger partial charge on any atom is -0.385 e. The smallest absolute Gasteiger partial charge is 0.156 e. The van der Waals surface area contributed by atoms with Crippen LogP contribution in [-0.4, -0.2) is 28.3 Å². The van der Waals surface area contributed by atoms with Gasteiger partial charge in [-0.05, 0) is 18.4 Å². The molecule has 0 bridgehead atoms. The summed E-state index contributed by atoms with van der Waals surface area (Å²) in [7, 11) is 0. The summed E-state index contributed by atoms with van der Waals surface area (Å²) in [6, 6.07) is 1.73. The van der Waals surface area contributed by atoms with E-state index < -0.39 is 6.10 Å². The zero-order valence-corrected chi connectivity index (χ0v) is 9.97. The molecule has 0 saturated carbocycles. The molecular formula is C12H20N2O2. The van der Waals surface area contributed by atoms with Crippen LogP contribution in [0.1, 0.15) is 38.6 Å². The molecule has 0 aromatic carbocycles. The third kappa shape index (κ3) is 5.19. The van der Waals surface area contributed by atoms with Crippen molar-refractivity contribution in [2.45, 2.75) is 32.8 Å². The maximum Gasteiger partial charge on any atom is 0.156 e. The van der Waals surface area contributed by atoms with E-state index in [1.54, 1.807) is 18.5 Å². The van der Waals surface area contributed by atoms with Crippen molar-refractivity contribution in [3.8, 4) is 0 Å². The van der Waals surface area contributed by atoms with E-state index in [1.807, 2.05) is 0 Å². The monoisotopic (exact) mass is 224 g/mol. The van der Waals surface area contributed by atoms with E-state index in [2.05, 4.69) is 23.8 Å². The summed E-state index contributed by atoms with van der Waals surface area (Å²) in [4.78, 5) is 7.98. The lowest BCUT2D eigenvalue weighted by Gasteiger charge is -2.10. The zero-order valence-electron chi connectivity index (χ0n) is 9.97. The van der Waals surface area contributed by atoms with Gasteiger partial charge >= 0.3 is 0 Å². The van der Waals surface area contributed by atoms with Crippen LogP contribution < -0.4 is 0 Å². The second-order valence-electron chi connectivity index (χ2n) is 4.21. The molecule has 0 spiro atoms. The topological polar surface area (TPSA) is 55.2 Å².